The van der Waals surface area contributed by atoms with E-state index in [1.54, 1.807) is 39.9 Å². The predicted octanol–water partition coefficient (Wildman–Crippen LogP) is 2.38. The lowest BCUT2D eigenvalue weighted by Gasteiger charge is -2.34. The number of aromatic nitrogens is 4. The SMILES string of the molecule is O=C(c1cc2ccccc2oc1=O)N1CCN(Cc2nnnn2-c2ccc(Cl)cc2)CC1. The summed E-state index contributed by atoms with van der Waals surface area (Å²) < 4.78 is 6.99. The van der Waals surface area contributed by atoms with Crippen LogP contribution in [0.5, 0.6) is 0 Å². The fraction of sp³-hybridized carbons (Fsp3) is 0.227. The molecule has 3 heterocycles. The molecule has 0 N–H and O–H groups in total. The third-order valence-corrected chi connectivity index (χ3v) is 5.75. The lowest BCUT2D eigenvalue weighted by Crippen LogP contribution is -2.49. The smallest absolute Gasteiger partial charge is 0.349 e. The number of para-hydroxylation sites is 1. The predicted molar refractivity (Wildman–Crippen MR) is 118 cm³/mol. The summed E-state index contributed by atoms with van der Waals surface area (Å²) in [5.74, 6) is 0.387. The van der Waals surface area contributed by atoms with Gasteiger partial charge in [-0.1, -0.05) is 29.8 Å². The van der Waals surface area contributed by atoms with E-state index in [-0.39, 0.29) is 11.5 Å². The highest BCUT2D eigenvalue weighted by molar-refractivity contribution is 6.30. The molecular weight excluding hydrogens is 432 g/mol. The van der Waals surface area contributed by atoms with Gasteiger partial charge in [0.1, 0.15) is 11.1 Å². The Morgan fingerprint density at radius 2 is 1.78 bits per heavy atom. The molecule has 0 saturated carbocycles. The van der Waals surface area contributed by atoms with Crippen LogP contribution in [0.1, 0.15) is 16.2 Å². The highest BCUT2D eigenvalue weighted by atomic mass is 35.5. The molecule has 1 fully saturated rings. The summed E-state index contributed by atoms with van der Waals surface area (Å²) in [6.45, 7) is 2.80. The zero-order chi connectivity index (χ0) is 22.1. The molecule has 1 amide bonds. The first-order valence-corrected chi connectivity index (χ1v) is 10.5. The van der Waals surface area contributed by atoms with Gasteiger partial charge in [-0.2, -0.15) is 4.68 Å². The van der Waals surface area contributed by atoms with Crippen LogP contribution in [0.4, 0.5) is 0 Å². The van der Waals surface area contributed by atoms with Crippen molar-refractivity contribution in [3.63, 3.8) is 0 Å². The van der Waals surface area contributed by atoms with Crippen LogP contribution in [0, 0.1) is 0 Å². The Morgan fingerprint density at radius 3 is 2.56 bits per heavy atom. The molecule has 0 atom stereocenters. The molecule has 1 aliphatic rings. The second kappa shape index (κ2) is 8.52. The minimum absolute atomic E-state index is 0.0591. The van der Waals surface area contributed by atoms with E-state index in [9.17, 15) is 9.59 Å². The van der Waals surface area contributed by atoms with E-state index in [0.717, 1.165) is 11.1 Å². The van der Waals surface area contributed by atoms with Crippen LogP contribution in [0.3, 0.4) is 0 Å². The van der Waals surface area contributed by atoms with E-state index in [1.165, 1.54) is 0 Å². The molecule has 1 saturated heterocycles. The fourth-order valence-corrected chi connectivity index (χ4v) is 3.90. The third-order valence-electron chi connectivity index (χ3n) is 5.50. The van der Waals surface area contributed by atoms with Gasteiger partial charge in [-0.3, -0.25) is 9.69 Å². The zero-order valence-electron chi connectivity index (χ0n) is 17.0. The number of carbonyl (C=O) groups is 1. The summed E-state index contributed by atoms with van der Waals surface area (Å²) in [6.07, 6.45) is 0. The van der Waals surface area contributed by atoms with E-state index in [2.05, 4.69) is 20.4 Å². The van der Waals surface area contributed by atoms with Gasteiger partial charge >= 0.3 is 5.63 Å². The van der Waals surface area contributed by atoms with Gasteiger partial charge in [0, 0.05) is 36.6 Å². The maximum absolute atomic E-state index is 13.0. The standard InChI is InChI=1S/C22H19ClN6O3/c23-16-5-7-17(8-6-16)29-20(24-25-26-29)14-27-9-11-28(12-10-27)21(30)18-13-15-3-1-2-4-19(15)32-22(18)31/h1-8,13H,9-12,14H2. The second-order valence-corrected chi connectivity index (χ2v) is 7.97. The number of amides is 1. The number of rotatable bonds is 4. The maximum Gasteiger partial charge on any atom is 0.349 e. The quantitative estimate of drug-likeness (QED) is 0.440. The highest BCUT2D eigenvalue weighted by Crippen LogP contribution is 2.17. The maximum atomic E-state index is 13.0. The molecule has 5 rings (SSSR count). The van der Waals surface area contributed by atoms with E-state index in [4.69, 9.17) is 16.0 Å². The Morgan fingerprint density at radius 1 is 1.03 bits per heavy atom. The number of tetrazole rings is 1. The third kappa shape index (κ3) is 4.00. The number of benzene rings is 2. The molecule has 0 aliphatic carbocycles. The average Bonchev–Trinajstić information content (AvgIpc) is 3.27. The Labute approximate surface area is 187 Å². The number of fused-ring (bicyclic) bond motifs is 1. The molecule has 0 unspecified atom stereocenters. The average molecular weight is 451 g/mol. The lowest BCUT2D eigenvalue weighted by molar-refractivity contribution is 0.0620. The minimum atomic E-state index is -0.613. The van der Waals surface area contributed by atoms with Gasteiger partial charge in [-0.15, -0.1) is 5.10 Å². The first-order chi connectivity index (χ1) is 15.6. The highest BCUT2D eigenvalue weighted by Gasteiger charge is 2.26. The van der Waals surface area contributed by atoms with Crippen molar-refractivity contribution in [1.29, 1.82) is 0 Å². The lowest BCUT2D eigenvalue weighted by atomic mass is 10.1. The zero-order valence-corrected chi connectivity index (χ0v) is 17.8. The molecule has 10 heteroatoms. The summed E-state index contributed by atoms with van der Waals surface area (Å²) in [6, 6.07) is 16.0. The van der Waals surface area contributed by atoms with Crippen molar-refractivity contribution in [3.05, 3.63) is 81.4 Å². The molecule has 4 aromatic rings. The van der Waals surface area contributed by atoms with Gasteiger partial charge in [-0.05, 0) is 46.8 Å². The first-order valence-electron chi connectivity index (χ1n) is 10.2. The molecule has 0 bridgehead atoms. The van der Waals surface area contributed by atoms with Crippen molar-refractivity contribution >= 4 is 28.5 Å². The monoisotopic (exact) mass is 450 g/mol. The summed E-state index contributed by atoms with van der Waals surface area (Å²) in [4.78, 5) is 29.1. The van der Waals surface area contributed by atoms with Crippen LogP contribution in [0.2, 0.25) is 5.02 Å². The Bertz CT molecular complexity index is 1330. The number of hydrogen-bond donors (Lipinski definition) is 0. The van der Waals surface area contributed by atoms with Crippen molar-refractivity contribution in [2.24, 2.45) is 0 Å². The molecule has 1 aliphatic heterocycles. The molecule has 0 spiro atoms. The van der Waals surface area contributed by atoms with Crippen molar-refractivity contribution < 1.29 is 9.21 Å². The van der Waals surface area contributed by atoms with Crippen molar-refractivity contribution in [2.45, 2.75) is 6.54 Å². The summed E-state index contributed by atoms with van der Waals surface area (Å²) in [5, 5.41) is 13.4. The first kappa shape index (κ1) is 20.3. The normalized spacial score (nSPS) is 14.7. The van der Waals surface area contributed by atoms with Gasteiger partial charge in [0.25, 0.3) is 5.91 Å². The number of carbonyl (C=O) groups excluding carboxylic acids is 1. The fourth-order valence-electron chi connectivity index (χ4n) is 3.78. The summed E-state index contributed by atoms with van der Waals surface area (Å²) >= 11 is 5.96. The van der Waals surface area contributed by atoms with E-state index in [0.29, 0.717) is 49.2 Å². The van der Waals surface area contributed by atoms with Gasteiger partial charge in [0.2, 0.25) is 0 Å². The summed E-state index contributed by atoms with van der Waals surface area (Å²) in [5.41, 5.74) is 0.741. The molecule has 32 heavy (non-hydrogen) atoms. The topological polar surface area (TPSA) is 97.4 Å². The van der Waals surface area contributed by atoms with Crippen LogP contribution >= 0.6 is 11.6 Å². The van der Waals surface area contributed by atoms with Gasteiger partial charge < -0.3 is 9.32 Å². The van der Waals surface area contributed by atoms with Crippen LogP contribution in [-0.4, -0.2) is 62.1 Å². The van der Waals surface area contributed by atoms with Gasteiger partial charge in [0.05, 0.1) is 12.2 Å². The van der Waals surface area contributed by atoms with Crippen molar-refractivity contribution in [1.82, 2.24) is 30.0 Å². The van der Waals surface area contributed by atoms with E-state index >= 15 is 0 Å². The molecule has 2 aromatic carbocycles. The van der Waals surface area contributed by atoms with Crippen molar-refractivity contribution in [2.75, 3.05) is 26.2 Å². The van der Waals surface area contributed by atoms with E-state index in [1.807, 2.05) is 24.3 Å². The number of piperazine rings is 1. The van der Waals surface area contributed by atoms with Crippen molar-refractivity contribution in [3.8, 4) is 5.69 Å². The summed E-state index contributed by atoms with van der Waals surface area (Å²) in [7, 11) is 0. The van der Waals surface area contributed by atoms with E-state index < -0.39 is 5.63 Å². The Kier molecular flexibility index (Phi) is 5.42. The molecule has 162 valence electrons. The van der Waals surface area contributed by atoms with Gasteiger partial charge in [0.15, 0.2) is 5.82 Å². The second-order valence-electron chi connectivity index (χ2n) is 7.54. The molecule has 0 radical (unpaired) electrons. The minimum Gasteiger partial charge on any atom is -0.422 e. The molecule has 2 aromatic heterocycles. The molecular formula is C22H19ClN6O3. The van der Waals surface area contributed by atoms with Crippen LogP contribution < -0.4 is 5.63 Å². The number of hydrogen-bond acceptors (Lipinski definition) is 7. The van der Waals surface area contributed by atoms with Crippen LogP contribution in [-0.2, 0) is 6.54 Å². The largest absolute Gasteiger partial charge is 0.422 e. The molecule has 9 nitrogen and oxygen atoms in total. The number of halogens is 1. The number of nitrogens with zero attached hydrogens (tertiary/aromatic N) is 6. The van der Waals surface area contributed by atoms with Crippen LogP contribution in [0.15, 0.2) is 63.8 Å². The van der Waals surface area contributed by atoms with Gasteiger partial charge in [-0.25, -0.2) is 4.79 Å². The Balaban J connectivity index is 1.26. The van der Waals surface area contributed by atoms with Crippen LogP contribution in [0.25, 0.3) is 16.7 Å². The Hall–Kier alpha value is -3.56.